The normalized spacial score (nSPS) is 11.4. The number of nitrogens with zero attached hydrogens (tertiary/aromatic N) is 3. The maximum atomic E-state index is 13.5. The molecule has 8 nitrogen and oxygen atoms in total. The number of ether oxygens (including phenoxy) is 2. The average molecular weight is 512 g/mol. The van der Waals surface area contributed by atoms with Gasteiger partial charge in [-0.15, -0.1) is 0 Å². The molecular weight excluding hydrogens is 485 g/mol. The van der Waals surface area contributed by atoms with Crippen LogP contribution in [-0.2, 0) is 21.4 Å². The Balaban J connectivity index is 1.95. The maximum Gasteiger partial charge on any atom is 0.342 e. The predicted molar refractivity (Wildman–Crippen MR) is 135 cm³/mol. The van der Waals surface area contributed by atoms with Gasteiger partial charge in [-0.3, -0.25) is 4.31 Å². The Hall–Kier alpha value is -3.92. The van der Waals surface area contributed by atoms with E-state index in [2.05, 4.69) is 5.10 Å². The minimum atomic E-state index is -3.66. The molecule has 0 atom stereocenters. The molecule has 0 aliphatic rings. The summed E-state index contributed by atoms with van der Waals surface area (Å²) in [7, 11) is -2.40. The van der Waals surface area contributed by atoms with E-state index in [0.29, 0.717) is 17.5 Å². The summed E-state index contributed by atoms with van der Waals surface area (Å²) in [4.78, 5) is 12.8. The number of aromatic nitrogens is 2. The van der Waals surface area contributed by atoms with Crippen LogP contribution in [0.15, 0.2) is 66.9 Å². The van der Waals surface area contributed by atoms with Crippen molar-refractivity contribution in [3.8, 4) is 17.0 Å². The maximum absolute atomic E-state index is 13.5. The van der Waals surface area contributed by atoms with Crippen molar-refractivity contribution in [3.05, 3.63) is 83.8 Å². The zero-order chi connectivity index (χ0) is 25.9. The molecule has 0 aliphatic carbocycles. The fraction of sp³-hybridized carbons (Fsp3) is 0.231. The molecule has 0 saturated heterocycles. The number of methoxy groups -OCH3 is 1. The number of carbonyl (C=O) groups excluding carboxylic acids is 1. The molecule has 2 heterocycles. The summed E-state index contributed by atoms with van der Waals surface area (Å²) in [6.07, 6.45) is 3.21. The van der Waals surface area contributed by atoms with Gasteiger partial charge in [0.05, 0.1) is 25.1 Å². The van der Waals surface area contributed by atoms with Crippen LogP contribution in [0.3, 0.4) is 0 Å². The first-order valence-electron chi connectivity index (χ1n) is 11.3. The number of hydrogen-bond donors (Lipinski definition) is 0. The minimum absolute atomic E-state index is 0.154. The zero-order valence-corrected chi connectivity index (χ0v) is 21.0. The number of halogens is 1. The van der Waals surface area contributed by atoms with Gasteiger partial charge >= 0.3 is 5.97 Å². The number of carbonyl (C=O) groups is 1. The van der Waals surface area contributed by atoms with Crippen molar-refractivity contribution in [1.29, 1.82) is 0 Å². The second kappa shape index (κ2) is 10.4. The van der Waals surface area contributed by atoms with Crippen LogP contribution in [0.2, 0.25) is 0 Å². The van der Waals surface area contributed by atoms with Crippen LogP contribution in [0, 0.1) is 5.82 Å². The number of esters is 1. The van der Waals surface area contributed by atoms with Crippen LogP contribution in [0.25, 0.3) is 16.8 Å². The predicted octanol–water partition coefficient (Wildman–Crippen LogP) is 4.68. The molecule has 2 aromatic heterocycles. The van der Waals surface area contributed by atoms with Gasteiger partial charge in [0.25, 0.3) is 0 Å². The molecule has 0 fully saturated rings. The smallest absolute Gasteiger partial charge is 0.342 e. The number of anilines is 1. The molecule has 0 bridgehead atoms. The standard InChI is InChI=1S/C26H26FN3O5S/c1-4-14-30(36(3,32)33)22-16-29-21(15-23(22)35-17-18-8-6-5-7-9-18)24(26(31)34-2)25(28-29)19-10-12-20(27)13-11-19/h5-13,15-16H,4,14,17H2,1-3H3. The molecule has 4 aromatic rings. The molecular formula is C26H26FN3O5S. The largest absolute Gasteiger partial charge is 0.487 e. The first-order valence-corrected chi connectivity index (χ1v) is 13.1. The average Bonchev–Trinajstić information content (AvgIpc) is 3.23. The molecule has 188 valence electrons. The third-order valence-corrected chi connectivity index (χ3v) is 6.73. The van der Waals surface area contributed by atoms with Crippen molar-refractivity contribution < 1.29 is 27.1 Å². The lowest BCUT2D eigenvalue weighted by Gasteiger charge is -2.24. The number of hydrogen-bond acceptors (Lipinski definition) is 6. The fourth-order valence-electron chi connectivity index (χ4n) is 3.88. The lowest BCUT2D eigenvalue weighted by Crippen LogP contribution is -2.31. The summed E-state index contributed by atoms with van der Waals surface area (Å²) >= 11 is 0. The van der Waals surface area contributed by atoms with Crippen molar-refractivity contribution in [2.45, 2.75) is 20.0 Å². The van der Waals surface area contributed by atoms with Gasteiger partial charge in [0, 0.05) is 18.2 Å². The lowest BCUT2D eigenvalue weighted by atomic mass is 10.1. The van der Waals surface area contributed by atoms with E-state index in [1.165, 1.54) is 46.4 Å². The third-order valence-electron chi connectivity index (χ3n) is 5.55. The van der Waals surface area contributed by atoms with Crippen LogP contribution >= 0.6 is 0 Å². The molecule has 0 N–H and O–H groups in total. The summed E-state index contributed by atoms with van der Waals surface area (Å²) < 4.78 is 52.7. The molecule has 4 rings (SSSR count). The summed E-state index contributed by atoms with van der Waals surface area (Å²) in [6, 6.07) is 16.6. The van der Waals surface area contributed by atoms with Gasteiger partial charge in [0.1, 0.15) is 35.1 Å². The van der Waals surface area contributed by atoms with E-state index < -0.39 is 21.8 Å². The summed E-state index contributed by atoms with van der Waals surface area (Å²) in [5.74, 6) is -0.801. The van der Waals surface area contributed by atoms with Crippen LogP contribution < -0.4 is 9.04 Å². The van der Waals surface area contributed by atoms with Gasteiger partial charge in [0.2, 0.25) is 10.0 Å². The van der Waals surface area contributed by atoms with Crippen LogP contribution in [-0.4, -0.2) is 43.9 Å². The highest BCUT2D eigenvalue weighted by molar-refractivity contribution is 7.92. The first kappa shape index (κ1) is 25.2. The van der Waals surface area contributed by atoms with E-state index in [-0.39, 0.29) is 35.8 Å². The van der Waals surface area contributed by atoms with E-state index in [1.807, 2.05) is 37.3 Å². The molecule has 0 radical (unpaired) electrons. The molecule has 10 heteroatoms. The Morgan fingerprint density at radius 3 is 2.42 bits per heavy atom. The molecule has 0 aliphatic heterocycles. The number of benzene rings is 2. The molecule has 0 unspecified atom stereocenters. The molecule has 0 saturated carbocycles. The fourth-order valence-corrected chi connectivity index (χ4v) is 4.89. The monoisotopic (exact) mass is 511 g/mol. The quantitative estimate of drug-likeness (QED) is 0.303. The minimum Gasteiger partial charge on any atom is -0.487 e. The van der Waals surface area contributed by atoms with Crippen molar-refractivity contribution in [2.24, 2.45) is 0 Å². The van der Waals surface area contributed by atoms with Gasteiger partial charge in [-0.2, -0.15) is 5.10 Å². The van der Waals surface area contributed by atoms with Gasteiger partial charge < -0.3 is 9.47 Å². The Kier molecular flexibility index (Phi) is 7.25. The topological polar surface area (TPSA) is 90.2 Å². The van der Waals surface area contributed by atoms with E-state index >= 15 is 0 Å². The van der Waals surface area contributed by atoms with Gasteiger partial charge in [-0.25, -0.2) is 22.1 Å². The Bertz CT molecular complexity index is 1490. The van der Waals surface area contributed by atoms with Crippen molar-refractivity contribution >= 4 is 27.2 Å². The Labute approximate surface area is 208 Å². The molecule has 2 aromatic carbocycles. The van der Waals surface area contributed by atoms with E-state index in [0.717, 1.165) is 11.8 Å². The number of fused-ring (bicyclic) bond motifs is 1. The number of rotatable bonds is 9. The zero-order valence-electron chi connectivity index (χ0n) is 20.1. The SMILES string of the molecule is CCCN(c1cn2nc(-c3ccc(F)cc3)c(C(=O)OC)c2cc1OCc1ccccc1)S(C)(=O)=O. The highest BCUT2D eigenvalue weighted by atomic mass is 32.2. The van der Waals surface area contributed by atoms with Crippen LogP contribution in [0.5, 0.6) is 5.75 Å². The van der Waals surface area contributed by atoms with E-state index in [1.54, 1.807) is 6.07 Å². The molecule has 0 amide bonds. The van der Waals surface area contributed by atoms with Gasteiger partial charge in [-0.1, -0.05) is 37.3 Å². The van der Waals surface area contributed by atoms with E-state index in [4.69, 9.17) is 9.47 Å². The highest BCUT2D eigenvalue weighted by Crippen LogP contribution is 2.36. The third kappa shape index (κ3) is 5.18. The Morgan fingerprint density at radius 2 is 1.81 bits per heavy atom. The van der Waals surface area contributed by atoms with Crippen LogP contribution in [0.1, 0.15) is 29.3 Å². The van der Waals surface area contributed by atoms with Crippen LogP contribution in [0.4, 0.5) is 10.1 Å². The second-order valence-electron chi connectivity index (χ2n) is 8.18. The van der Waals surface area contributed by atoms with Gasteiger partial charge in [0.15, 0.2) is 0 Å². The summed E-state index contributed by atoms with van der Waals surface area (Å²) in [5.41, 5.74) is 2.46. The molecule has 36 heavy (non-hydrogen) atoms. The highest BCUT2D eigenvalue weighted by Gasteiger charge is 2.27. The van der Waals surface area contributed by atoms with Crippen molar-refractivity contribution in [3.63, 3.8) is 0 Å². The Morgan fingerprint density at radius 1 is 1.11 bits per heavy atom. The van der Waals surface area contributed by atoms with Crippen molar-refractivity contribution in [2.75, 3.05) is 24.2 Å². The van der Waals surface area contributed by atoms with Crippen molar-refractivity contribution in [1.82, 2.24) is 9.61 Å². The van der Waals surface area contributed by atoms with E-state index in [9.17, 15) is 17.6 Å². The number of pyridine rings is 1. The first-order chi connectivity index (χ1) is 17.2. The molecule has 0 spiro atoms. The lowest BCUT2D eigenvalue weighted by molar-refractivity contribution is 0.0603. The summed E-state index contributed by atoms with van der Waals surface area (Å²) in [5, 5.41) is 4.54. The summed E-state index contributed by atoms with van der Waals surface area (Å²) in [6.45, 7) is 2.28. The second-order valence-corrected chi connectivity index (χ2v) is 10.1. The van der Waals surface area contributed by atoms with Gasteiger partial charge in [-0.05, 0) is 36.2 Å². The number of sulfonamides is 1.